The molecule has 3 nitrogen and oxygen atoms in total. The Bertz CT molecular complexity index is 373. The van der Waals surface area contributed by atoms with Gasteiger partial charge < -0.3 is 0 Å². The Balaban J connectivity index is 0.00000144. The predicted molar refractivity (Wildman–Crippen MR) is 45.6 cm³/mol. The number of hydrogen-bond acceptors (Lipinski definition) is 2. The predicted octanol–water partition coefficient (Wildman–Crippen LogP) is 1.49. The average Bonchev–Trinajstić information content (AvgIpc) is 2.03. The Morgan fingerprint density at radius 1 is 1.31 bits per heavy atom. The van der Waals surface area contributed by atoms with E-state index in [9.17, 15) is 8.42 Å². The molecule has 77 valence electrons. The minimum absolute atomic E-state index is 0. The van der Waals surface area contributed by atoms with Crippen molar-refractivity contribution in [3.05, 3.63) is 29.8 Å². The molecule has 5 heteroatoms. The summed E-state index contributed by atoms with van der Waals surface area (Å²) >= 11 is 0. The van der Waals surface area contributed by atoms with Crippen LogP contribution in [0, 0.1) is 0 Å². The van der Waals surface area contributed by atoms with Crippen LogP contribution in [0.25, 0.3) is 0 Å². The van der Waals surface area contributed by atoms with Crippen LogP contribution in [-0.4, -0.2) is 13.0 Å². The van der Waals surface area contributed by atoms with Gasteiger partial charge in [0.2, 0.25) is 0 Å². The molecule has 0 atom stereocenters. The van der Waals surface area contributed by atoms with Crippen molar-refractivity contribution in [1.82, 2.24) is 0 Å². The van der Waals surface area contributed by atoms with Crippen LogP contribution < -0.4 is 0 Å². The van der Waals surface area contributed by atoms with Gasteiger partial charge in [-0.2, -0.15) is 8.42 Å². The summed E-state index contributed by atoms with van der Waals surface area (Å²) in [6, 6.07) is 6.41. The molecule has 1 rings (SSSR count). The van der Waals surface area contributed by atoms with Crippen LogP contribution in [0.15, 0.2) is 29.2 Å². The van der Waals surface area contributed by atoms with Gasteiger partial charge in [-0.1, -0.05) is 25.1 Å². The van der Waals surface area contributed by atoms with Gasteiger partial charge in [-0.05, 0) is 18.1 Å². The molecule has 13 heavy (non-hydrogen) atoms. The van der Waals surface area contributed by atoms with Crippen molar-refractivity contribution < 1.29 is 30.0 Å². The zero-order valence-corrected chi connectivity index (χ0v) is 8.75. The van der Waals surface area contributed by atoms with Gasteiger partial charge in [0.25, 0.3) is 10.1 Å². The molecule has 1 aromatic rings. The Kier molecular flexibility index (Phi) is 4.64. The molecule has 1 N–H and O–H groups in total. The second-order valence-electron chi connectivity index (χ2n) is 2.44. The minimum atomic E-state index is -4.05. The Morgan fingerprint density at radius 2 is 1.85 bits per heavy atom. The van der Waals surface area contributed by atoms with Gasteiger partial charge in [-0.25, -0.2) is 0 Å². The number of rotatable bonds is 2. The second kappa shape index (κ2) is 4.77. The number of hydrogen-bond donors (Lipinski definition) is 1. The third kappa shape index (κ3) is 3.12. The number of aryl methyl sites for hydroxylation is 1. The van der Waals surface area contributed by atoms with Crippen molar-refractivity contribution in [2.75, 3.05) is 0 Å². The van der Waals surface area contributed by atoms with Gasteiger partial charge in [-0.3, -0.25) is 4.55 Å². The SMILES string of the molecule is CCc1ccccc1S(=O)(=O)O.[Cu]. The molecule has 0 saturated carbocycles. The summed E-state index contributed by atoms with van der Waals surface area (Å²) < 4.78 is 30.3. The molecule has 0 bridgehead atoms. The molecule has 0 spiro atoms. The molecule has 0 heterocycles. The van der Waals surface area contributed by atoms with Crippen molar-refractivity contribution in [3.63, 3.8) is 0 Å². The van der Waals surface area contributed by atoms with E-state index in [0.717, 1.165) is 0 Å². The Labute approximate surface area is 88.4 Å². The Hall–Kier alpha value is -0.351. The van der Waals surface area contributed by atoms with Crippen molar-refractivity contribution in [3.8, 4) is 0 Å². The summed E-state index contributed by atoms with van der Waals surface area (Å²) in [5, 5.41) is 0. The summed E-state index contributed by atoms with van der Waals surface area (Å²) in [5.41, 5.74) is 0.639. The van der Waals surface area contributed by atoms with Gasteiger partial charge in [0, 0.05) is 17.1 Å². The first-order valence-electron chi connectivity index (χ1n) is 3.61. The van der Waals surface area contributed by atoms with Gasteiger partial charge in [0.05, 0.1) is 4.90 Å². The quantitative estimate of drug-likeness (QED) is 0.638. The van der Waals surface area contributed by atoms with E-state index in [-0.39, 0.29) is 22.0 Å². The summed E-state index contributed by atoms with van der Waals surface area (Å²) in [4.78, 5) is 0.00694. The molecular weight excluding hydrogens is 240 g/mol. The largest absolute Gasteiger partial charge is 0.294 e. The van der Waals surface area contributed by atoms with Crippen LogP contribution in [0.4, 0.5) is 0 Å². The van der Waals surface area contributed by atoms with E-state index < -0.39 is 10.1 Å². The molecule has 1 aromatic carbocycles. The molecule has 0 amide bonds. The molecule has 1 radical (unpaired) electrons. The van der Waals surface area contributed by atoms with Crippen molar-refractivity contribution in [1.29, 1.82) is 0 Å². The number of benzene rings is 1. The maximum atomic E-state index is 10.8. The molecule has 0 aliphatic rings. The Morgan fingerprint density at radius 3 is 2.23 bits per heavy atom. The molecule has 0 aliphatic carbocycles. The normalized spacial score (nSPS) is 10.6. The first kappa shape index (κ1) is 12.6. The van der Waals surface area contributed by atoms with Crippen molar-refractivity contribution in [2.24, 2.45) is 0 Å². The second-order valence-corrected chi connectivity index (χ2v) is 3.83. The monoisotopic (exact) mass is 249 g/mol. The van der Waals surface area contributed by atoms with E-state index in [2.05, 4.69) is 0 Å². The van der Waals surface area contributed by atoms with E-state index in [1.807, 2.05) is 6.92 Å². The van der Waals surface area contributed by atoms with Crippen LogP contribution in [-0.2, 0) is 33.6 Å². The van der Waals surface area contributed by atoms with Gasteiger partial charge in [0.15, 0.2) is 0 Å². The van der Waals surface area contributed by atoms with E-state index in [1.54, 1.807) is 18.2 Å². The van der Waals surface area contributed by atoms with E-state index in [4.69, 9.17) is 4.55 Å². The molecule has 0 unspecified atom stereocenters. The smallest absolute Gasteiger partial charge is 0.282 e. The van der Waals surface area contributed by atoms with Crippen LogP contribution >= 0.6 is 0 Å². The van der Waals surface area contributed by atoms with Crippen molar-refractivity contribution in [2.45, 2.75) is 18.2 Å². The van der Waals surface area contributed by atoms with Crippen LogP contribution in [0.3, 0.4) is 0 Å². The van der Waals surface area contributed by atoms with Crippen molar-refractivity contribution >= 4 is 10.1 Å². The van der Waals surface area contributed by atoms with Gasteiger partial charge >= 0.3 is 0 Å². The fourth-order valence-corrected chi connectivity index (χ4v) is 1.84. The topological polar surface area (TPSA) is 54.4 Å². The first-order valence-corrected chi connectivity index (χ1v) is 5.05. The summed E-state index contributed by atoms with van der Waals surface area (Å²) in [5.74, 6) is 0. The first-order chi connectivity index (χ1) is 5.55. The summed E-state index contributed by atoms with van der Waals surface area (Å²) in [6.07, 6.45) is 0.593. The molecule has 0 aliphatic heterocycles. The summed E-state index contributed by atoms with van der Waals surface area (Å²) in [6.45, 7) is 1.84. The molecule has 0 saturated heterocycles. The maximum Gasteiger partial charge on any atom is 0.294 e. The standard InChI is InChI=1S/C8H10O3S.Cu/c1-2-7-5-3-4-6-8(7)12(9,10)11;/h3-6H,2H2,1H3,(H,9,10,11);. The average molecular weight is 250 g/mol. The third-order valence-electron chi connectivity index (χ3n) is 1.63. The van der Waals surface area contributed by atoms with Gasteiger partial charge in [-0.15, -0.1) is 0 Å². The molecular formula is C8H10CuO3S. The summed E-state index contributed by atoms with van der Waals surface area (Å²) in [7, 11) is -4.05. The van der Waals surface area contributed by atoms with E-state index in [1.165, 1.54) is 6.07 Å². The van der Waals surface area contributed by atoms with E-state index >= 15 is 0 Å². The zero-order chi connectivity index (χ0) is 9.19. The van der Waals surface area contributed by atoms with Crippen LogP contribution in [0.1, 0.15) is 12.5 Å². The third-order valence-corrected chi connectivity index (χ3v) is 2.59. The van der Waals surface area contributed by atoms with Crippen LogP contribution in [0.5, 0.6) is 0 Å². The maximum absolute atomic E-state index is 10.8. The minimum Gasteiger partial charge on any atom is -0.282 e. The van der Waals surface area contributed by atoms with Gasteiger partial charge in [0.1, 0.15) is 0 Å². The van der Waals surface area contributed by atoms with E-state index in [0.29, 0.717) is 12.0 Å². The molecule has 0 fully saturated rings. The van der Waals surface area contributed by atoms with Crippen LogP contribution in [0.2, 0.25) is 0 Å². The zero-order valence-electron chi connectivity index (χ0n) is 6.99. The molecule has 0 aromatic heterocycles. The fourth-order valence-electron chi connectivity index (χ4n) is 1.05. The fraction of sp³-hybridized carbons (Fsp3) is 0.250.